The van der Waals surface area contributed by atoms with E-state index in [0.29, 0.717) is 6.04 Å². The molecule has 0 radical (unpaired) electrons. The normalized spacial score (nSPS) is 13.8. The zero-order chi connectivity index (χ0) is 14.5. The number of nitrogens with one attached hydrogen (secondary N) is 1. The minimum absolute atomic E-state index is 0.111. The largest absolute Gasteiger partial charge is 0.310 e. The molecule has 4 heteroatoms. The topological polar surface area (TPSA) is 29.9 Å². The van der Waals surface area contributed by atoms with Gasteiger partial charge in [-0.05, 0) is 24.9 Å². The zero-order valence-electron chi connectivity index (χ0n) is 13.3. The second kappa shape index (κ2) is 7.34. The second-order valence-corrected chi connectivity index (χ2v) is 7.59. The van der Waals surface area contributed by atoms with Crippen molar-refractivity contribution in [1.82, 2.24) is 15.1 Å². The molecule has 1 aromatic heterocycles. The molecule has 0 amide bonds. The number of thioether (sulfide) groups is 1. The summed E-state index contributed by atoms with van der Waals surface area (Å²) in [7, 11) is 2.00. The first-order valence-corrected chi connectivity index (χ1v) is 8.34. The van der Waals surface area contributed by atoms with Crippen LogP contribution in [0.4, 0.5) is 0 Å². The molecule has 19 heavy (non-hydrogen) atoms. The van der Waals surface area contributed by atoms with Gasteiger partial charge in [-0.15, -0.1) is 0 Å². The standard InChI is InChI=1S/C15H29N3S/c1-7-19-9-8-12(2)16-10-13-11-18(6)17-14(13)15(3,4)5/h11-12,16H,7-10H2,1-6H3. The van der Waals surface area contributed by atoms with Crippen LogP contribution < -0.4 is 5.32 Å². The number of rotatable bonds is 7. The third kappa shape index (κ3) is 5.57. The van der Waals surface area contributed by atoms with Crippen LogP contribution in [-0.2, 0) is 19.0 Å². The van der Waals surface area contributed by atoms with Crippen LogP contribution in [0.5, 0.6) is 0 Å². The maximum atomic E-state index is 4.61. The van der Waals surface area contributed by atoms with Crippen LogP contribution in [0.25, 0.3) is 0 Å². The predicted molar refractivity (Wildman–Crippen MR) is 85.8 cm³/mol. The minimum atomic E-state index is 0.111. The van der Waals surface area contributed by atoms with E-state index in [0.717, 1.165) is 6.54 Å². The maximum Gasteiger partial charge on any atom is 0.0722 e. The number of aryl methyl sites for hydroxylation is 1. The fourth-order valence-electron chi connectivity index (χ4n) is 2.09. The Balaban J connectivity index is 2.53. The highest BCUT2D eigenvalue weighted by atomic mass is 32.2. The van der Waals surface area contributed by atoms with Crippen LogP contribution >= 0.6 is 11.8 Å². The van der Waals surface area contributed by atoms with Crippen LogP contribution in [0, 0.1) is 0 Å². The molecule has 0 saturated heterocycles. The highest BCUT2D eigenvalue weighted by molar-refractivity contribution is 7.99. The first-order valence-electron chi connectivity index (χ1n) is 7.18. The quantitative estimate of drug-likeness (QED) is 0.778. The molecule has 110 valence electrons. The molecule has 0 saturated carbocycles. The highest BCUT2D eigenvalue weighted by Crippen LogP contribution is 2.24. The summed E-state index contributed by atoms with van der Waals surface area (Å²) in [5, 5.41) is 8.22. The average Bonchev–Trinajstić information content (AvgIpc) is 2.68. The van der Waals surface area contributed by atoms with Crippen molar-refractivity contribution < 1.29 is 0 Å². The van der Waals surface area contributed by atoms with E-state index >= 15 is 0 Å². The molecule has 1 heterocycles. The van der Waals surface area contributed by atoms with Crippen molar-refractivity contribution in [2.45, 2.75) is 59.0 Å². The van der Waals surface area contributed by atoms with Crippen LogP contribution in [-0.4, -0.2) is 27.3 Å². The first-order chi connectivity index (χ1) is 8.84. The van der Waals surface area contributed by atoms with Crippen LogP contribution in [0.2, 0.25) is 0 Å². The molecule has 0 fully saturated rings. The number of aromatic nitrogens is 2. The fourth-order valence-corrected chi connectivity index (χ4v) is 2.90. The number of hydrogen-bond donors (Lipinski definition) is 1. The van der Waals surface area contributed by atoms with Crippen molar-refractivity contribution in [2.75, 3.05) is 11.5 Å². The molecule has 0 spiro atoms. The molecule has 0 aliphatic rings. The van der Waals surface area contributed by atoms with Crippen molar-refractivity contribution in [3.63, 3.8) is 0 Å². The van der Waals surface area contributed by atoms with Crippen molar-refractivity contribution in [3.8, 4) is 0 Å². The Morgan fingerprint density at radius 3 is 2.68 bits per heavy atom. The van der Waals surface area contributed by atoms with E-state index in [1.54, 1.807) is 0 Å². The van der Waals surface area contributed by atoms with E-state index in [2.05, 4.69) is 51.2 Å². The third-order valence-electron chi connectivity index (χ3n) is 3.16. The average molecular weight is 283 g/mol. The van der Waals surface area contributed by atoms with Gasteiger partial charge in [-0.3, -0.25) is 4.68 Å². The molecule has 3 nitrogen and oxygen atoms in total. The smallest absolute Gasteiger partial charge is 0.0722 e. The van der Waals surface area contributed by atoms with Gasteiger partial charge in [0.25, 0.3) is 0 Å². The van der Waals surface area contributed by atoms with E-state index in [-0.39, 0.29) is 5.41 Å². The Morgan fingerprint density at radius 1 is 1.42 bits per heavy atom. The van der Waals surface area contributed by atoms with Gasteiger partial charge in [0.2, 0.25) is 0 Å². The van der Waals surface area contributed by atoms with Crippen molar-refractivity contribution in [3.05, 3.63) is 17.5 Å². The lowest BCUT2D eigenvalue weighted by Gasteiger charge is -2.19. The molecule has 1 rings (SSSR count). The summed E-state index contributed by atoms with van der Waals surface area (Å²) in [6.45, 7) is 12.1. The molecule has 1 unspecified atom stereocenters. The molecule has 1 atom stereocenters. The Hall–Kier alpha value is -0.480. The number of hydrogen-bond acceptors (Lipinski definition) is 3. The lowest BCUT2D eigenvalue weighted by Crippen LogP contribution is -2.27. The van der Waals surface area contributed by atoms with E-state index < -0.39 is 0 Å². The Bertz CT molecular complexity index is 379. The molecule has 1 N–H and O–H groups in total. The Kier molecular flexibility index (Phi) is 6.40. The summed E-state index contributed by atoms with van der Waals surface area (Å²) in [4.78, 5) is 0. The number of nitrogens with zero attached hydrogens (tertiary/aromatic N) is 2. The maximum absolute atomic E-state index is 4.61. The lowest BCUT2D eigenvalue weighted by molar-refractivity contribution is 0.517. The van der Waals surface area contributed by atoms with Gasteiger partial charge in [-0.1, -0.05) is 27.7 Å². The van der Waals surface area contributed by atoms with Gasteiger partial charge in [-0.2, -0.15) is 16.9 Å². The first kappa shape index (κ1) is 16.6. The van der Waals surface area contributed by atoms with Crippen molar-refractivity contribution >= 4 is 11.8 Å². The zero-order valence-corrected chi connectivity index (χ0v) is 14.1. The molecule has 0 aliphatic carbocycles. The SMILES string of the molecule is CCSCCC(C)NCc1cn(C)nc1C(C)(C)C. The van der Waals surface area contributed by atoms with Crippen LogP contribution in [0.15, 0.2) is 6.20 Å². The van der Waals surface area contributed by atoms with E-state index in [1.807, 2.05) is 23.5 Å². The van der Waals surface area contributed by atoms with Crippen molar-refractivity contribution in [1.29, 1.82) is 0 Å². The monoisotopic (exact) mass is 283 g/mol. The van der Waals surface area contributed by atoms with Crippen LogP contribution in [0.1, 0.15) is 52.3 Å². The fraction of sp³-hybridized carbons (Fsp3) is 0.800. The lowest BCUT2D eigenvalue weighted by atomic mass is 9.89. The summed E-state index contributed by atoms with van der Waals surface area (Å²) in [6, 6.07) is 0.562. The summed E-state index contributed by atoms with van der Waals surface area (Å²) in [5.74, 6) is 2.45. The van der Waals surface area contributed by atoms with Gasteiger partial charge < -0.3 is 5.32 Å². The van der Waals surface area contributed by atoms with E-state index in [9.17, 15) is 0 Å². The Labute approximate surface area is 122 Å². The third-order valence-corrected chi connectivity index (χ3v) is 4.09. The summed E-state index contributed by atoms with van der Waals surface area (Å²) in [5.41, 5.74) is 2.64. The van der Waals surface area contributed by atoms with Crippen LogP contribution in [0.3, 0.4) is 0 Å². The Morgan fingerprint density at radius 2 is 2.11 bits per heavy atom. The molecule has 1 aromatic rings. The minimum Gasteiger partial charge on any atom is -0.310 e. The summed E-state index contributed by atoms with van der Waals surface area (Å²) in [6.07, 6.45) is 3.37. The van der Waals surface area contributed by atoms with E-state index in [1.165, 1.54) is 29.2 Å². The van der Waals surface area contributed by atoms with Gasteiger partial charge in [0, 0.05) is 36.8 Å². The second-order valence-electron chi connectivity index (χ2n) is 6.19. The van der Waals surface area contributed by atoms with Gasteiger partial charge in [0.1, 0.15) is 0 Å². The van der Waals surface area contributed by atoms with Gasteiger partial charge in [0.05, 0.1) is 5.69 Å². The van der Waals surface area contributed by atoms with Crippen molar-refractivity contribution in [2.24, 2.45) is 7.05 Å². The predicted octanol–water partition coefficient (Wildman–Crippen LogP) is 3.34. The summed E-state index contributed by atoms with van der Waals surface area (Å²) >= 11 is 2.01. The summed E-state index contributed by atoms with van der Waals surface area (Å²) < 4.78 is 1.93. The van der Waals surface area contributed by atoms with Gasteiger partial charge in [-0.25, -0.2) is 0 Å². The van der Waals surface area contributed by atoms with Gasteiger partial charge >= 0.3 is 0 Å². The molecule has 0 bridgehead atoms. The van der Waals surface area contributed by atoms with E-state index in [4.69, 9.17) is 0 Å². The molecular formula is C15H29N3S. The van der Waals surface area contributed by atoms with Gasteiger partial charge in [0.15, 0.2) is 0 Å². The molecular weight excluding hydrogens is 254 g/mol. The molecule has 0 aliphatic heterocycles. The highest BCUT2D eigenvalue weighted by Gasteiger charge is 2.21. The molecule has 0 aromatic carbocycles.